The standard InChI is InChI=1S/C26H26N2O6/c29-23-14-28(15-24(23)34-22-8-4-7-19(13-22)26(31)32)16-25(30)27-20-9-11-21(12-10-20)33-17-18-5-2-1-3-6-18/h1-13,23-24,29H,14-17H2,(H,27,30)(H,31,32)/t23-,24-/m1/s1. The van der Waals surface area contributed by atoms with E-state index in [1.807, 2.05) is 30.3 Å². The number of nitrogens with zero attached hydrogens (tertiary/aromatic N) is 1. The van der Waals surface area contributed by atoms with Crippen molar-refractivity contribution >= 4 is 17.6 Å². The zero-order valence-corrected chi connectivity index (χ0v) is 18.5. The Morgan fingerprint density at radius 3 is 2.44 bits per heavy atom. The van der Waals surface area contributed by atoms with Gasteiger partial charge in [0, 0.05) is 18.8 Å². The van der Waals surface area contributed by atoms with Crippen molar-refractivity contribution in [2.75, 3.05) is 25.0 Å². The van der Waals surface area contributed by atoms with E-state index in [0.29, 0.717) is 30.3 Å². The van der Waals surface area contributed by atoms with Gasteiger partial charge in [0.2, 0.25) is 5.91 Å². The van der Waals surface area contributed by atoms with Crippen LogP contribution in [0.3, 0.4) is 0 Å². The minimum absolute atomic E-state index is 0.0956. The number of carboxylic acids is 1. The number of amides is 1. The van der Waals surface area contributed by atoms with Gasteiger partial charge in [0.1, 0.15) is 30.3 Å². The fraction of sp³-hybridized carbons (Fsp3) is 0.231. The topological polar surface area (TPSA) is 108 Å². The highest BCUT2D eigenvalue weighted by molar-refractivity contribution is 5.92. The number of carboxylic acid groups (broad SMARTS) is 1. The summed E-state index contributed by atoms with van der Waals surface area (Å²) in [5.41, 5.74) is 1.83. The van der Waals surface area contributed by atoms with Crippen molar-refractivity contribution in [3.8, 4) is 11.5 Å². The second-order valence-corrected chi connectivity index (χ2v) is 8.10. The van der Waals surface area contributed by atoms with E-state index in [9.17, 15) is 14.7 Å². The number of aliphatic hydroxyl groups excluding tert-OH is 1. The zero-order valence-electron chi connectivity index (χ0n) is 18.5. The van der Waals surface area contributed by atoms with Crippen LogP contribution in [0, 0.1) is 0 Å². The van der Waals surface area contributed by atoms with Gasteiger partial charge in [-0.15, -0.1) is 0 Å². The number of carbonyl (C=O) groups excluding carboxylic acids is 1. The average molecular weight is 463 g/mol. The molecule has 1 aliphatic heterocycles. The molecule has 0 aromatic heterocycles. The molecule has 1 amide bonds. The van der Waals surface area contributed by atoms with Gasteiger partial charge in [-0.1, -0.05) is 36.4 Å². The maximum Gasteiger partial charge on any atom is 0.335 e. The Balaban J connectivity index is 1.24. The Hall–Kier alpha value is -3.88. The molecule has 3 aromatic rings. The summed E-state index contributed by atoms with van der Waals surface area (Å²) in [4.78, 5) is 25.4. The summed E-state index contributed by atoms with van der Waals surface area (Å²) in [6, 6.07) is 23.1. The Morgan fingerprint density at radius 2 is 1.71 bits per heavy atom. The molecule has 3 aromatic carbocycles. The van der Waals surface area contributed by atoms with Gasteiger partial charge in [-0.05, 0) is 48.0 Å². The van der Waals surface area contributed by atoms with Crippen LogP contribution < -0.4 is 14.8 Å². The van der Waals surface area contributed by atoms with Crippen molar-refractivity contribution in [3.05, 3.63) is 90.0 Å². The summed E-state index contributed by atoms with van der Waals surface area (Å²) in [7, 11) is 0. The van der Waals surface area contributed by atoms with Crippen LogP contribution in [-0.2, 0) is 11.4 Å². The third-order valence-corrected chi connectivity index (χ3v) is 5.43. The number of hydrogen-bond acceptors (Lipinski definition) is 6. The monoisotopic (exact) mass is 462 g/mol. The highest BCUT2D eigenvalue weighted by Crippen LogP contribution is 2.21. The fourth-order valence-corrected chi connectivity index (χ4v) is 3.73. The molecule has 0 saturated carbocycles. The molecule has 0 bridgehead atoms. The van der Waals surface area contributed by atoms with E-state index in [4.69, 9.17) is 14.6 Å². The number of ether oxygens (including phenoxy) is 2. The summed E-state index contributed by atoms with van der Waals surface area (Å²) in [5, 5.41) is 22.3. The summed E-state index contributed by atoms with van der Waals surface area (Å²) in [6.45, 7) is 1.19. The van der Waals surface area contributed by atoms with Gasteiger partial charge in [-0.3, -0.25) is 9.69 Å². The fourth-order valence-electron chi connectivity index (χ4n) is 3.73. The Morgan fingerprint density at radius 1 is 0.941 bits per heavy atom. The van der Waals surface area contributed by atoms with Crippen molar-refractivity contribution < 1.29 is 29.3 Å². The number of likely N-dealkylation sites (tertiary alicyclic amines) is 1. The maximum atomic E-state index is 12.5. The van der Waals surface area contributed by atoms with Crippen LogP contribution in [0.5, 0.6) is 11.5 Å². The predicted molar refractivity (Wildman–Crippen MR) is 126 cm³/mol. The van der Waals surface area contributed by atoms with E-state index >= 15 is 0 Å². The Bertz CT molecular complexity index is 1120. The Labute approximate surface area is 197 Å². The third-order valence-electron chi connectivity index (χ3n) is 5.43. The SMILES string of the molecule is O=C(CN1C[C@@H](O)[C@H](Oc2cccc(C(=O)O)c2)C1)Nc1ccc(OCc2ccccc2)cc1. The number of nitrogens with one attached hydrogen (secondary N) is 1. The number of β-amino-alcohol motifs (C(OH)–C–C–N with tert-alkyl or cyclic N) is 1. The molecule has 34 heavy (non-hydrogen) atoms. The number of rotatable bonds is 9. The molecule has 0 unspecified atom stereocenters. The van der Waals surface area contributed by atoms with Gasteiger partial charge >= 0.3 is 5.97 Å². The van der Waals surface area contributed by atoms with Crippen molar-refractivity contribution in [3.63, 3.8) is 0 Å². The predicted octanol–water partition coefficient (Wildman–Crippen LogP) is 3.03. The van der Waals surface area contributed by atoms with Crippen molar-refractivity contribution in [2.24, 2.45) is 0 Å². The van der Waals surface area contributed by atoms with Gasteiger partial charge in [-0.2, -0.15) is 0 Å². The van der Waals surface area contributed by atoms with Crippen LogP contribution in [0.2, 0.25) is 0 Å². The van der Waals surface area contributed by atoms with Gasteiger partial charge < -0.3 is 25.0 Å². The van der Waals surface area contributed by atoms with Crippen LogP contribution >= 0.6 is 0 Å². The molecule has 8 heteroatoms. The van der Waals surface area contributed by atoms with E-state index in [0.717, 1.165) is 5.56 Å². The van der Waals surface area contributed by atoms with Gasteiger partial charge in [0.25, 0.3) is 0 Å². The quantitative estimate of drug-likeness (QED) is 0.449. The van der Waals surface area contributed by atoms with Gasteiger partial charge in [-0.25, -0.2) is 4.79 Å². The smallest absolute Gasteiger partial charge is 0.335 e. The van der Waals surface area contributed by atoms with Crippen LogP contribution in [-0.4, -0.2) is 58.8 Å². The van der Waals surface area contributed by atoms with E-state index in [1.54, 1.807) is 41.3 Å². The third kappa shape index (κ3) is 6.34. The molecule has 0 spiro atoms. The summed E-state index contributed by atoms with van der Waals surface area (Å²) in [5.74, 6) is -0.188. The molecular formula is C26H26N2O6. The molecule has 8 nitrogen and oxygen atoms in total. The zero-order chi connectivity index (χ0) is 23.9. The van der Waals surface area contributed by atoms with Crippen molar-refractivity contribution in [2.45, 2.75) is 18.8 Å². The second kappa shape index (κ2) is 10.8. The Kier molecular flexibility index (Phi) is 7.41. The van der Waals surface area contributed by atoms with Gasteiger partial charge in [0.15, 0.2) is 0 Å². The normalized spacial score (nSPS) is 17.8. The summed E-state index contributed by atoms with van der Waals surface area (Å²) < 4.78 is 11.5. The first-order valence-electron chi connectivity index (χ1n) is 10.9. The van der Waals surface area contributed by atoms with Crippen LogP contribution in [0.25, 0.3) is 0 Å². The molecule has 0 radical (unpaired) electrons. The lowest BCUT2D eigenvalue weighted by Crippen LogP contribution is -2.33. The number of anilines is 1. The molecular weight excluding hydrogens is 436 g/mol. The molecule has 2 atom stereocenters. The number of aliphatic hydroxyl groups is 1. The van der Waals surface area contributed by atoms with E-state index in [-0.39, 0.29) is 24.6 Å². The molecule has 4 rings (SSSR count). The molecule has 1 fully saturated rings. The van der Waals surface area contributed by atoms with Crippen molar-refractivity contribution in [1.82, 2.24) is 4.90 Å². The van der Waals surface area contributed by atoms with E-state index in [1.165, 1.54) is 12.1 Å². The van der Waals surface area contributed by atoms with E-state index < -0.39 is 18.2 Å². The lowest BCUT2D eigenvalue weighted by Gasteiger charge is -2.17. The molecule has 0 aliphatic carbocycles. The largest absolute Gasteiger partial charge is 0.489 e. The molecule has 1 heterocycles. The number of carbonyl (C=O) groups is 2. The van der Waals surface area contributed by atoms with Crippen LogP contribution in [0.4, 0.5) is 5.69 Å². The molecule has 1 aliphatic rings. The lowest BCUT2D eigenvalue weighted by atomic mass is 10.2. The number of aromatic carboxylic acids is 1. The minimum atomic E-state index is -1.05. The first-order chi connectivity index (χ1) is 16.5. The van der Waals surface area contributed by atoms with Crippen molar-refractivity contribution in [1.29, 1.82) is 0 Å². The molecule has 3 N–H and O–H groups in total. The average Bonchev–Trinajstić information content (AvgIpc) is 3.17. The molecule has 1 saturated heterocycles. The van der Waals surface area contributed by atoms with Crippen LogP contribution in [0.15, 0.2) is 78.9 Å². The van der Waals surface area contributed by atoms with Crippen LogP contribution in [0.1, 0.15) is 15.9 Å². The summed E-state index contributed by atoms with van der Waals surface area (Å²) >= 11 is 0. The molecule has 176 valence electrons. The maximum absolute atomic E-state index is 12.5. The first-order valence-corrected chi connectivity index (χ1v) is 10.9. The summed E-state index contributed by atoms with van der Waals surface area (Å²) in [6.07, 6.45) is -1.35. The van der Waals surface area contributed by atoms with Gasteiger partial charge in [0.05, 0.1) is 12.1 Å². The highest BCUT2D eigenvalue weighted by Gasteiger charge is 2.34. The number of hydrogen-bond donors (Lipinski definition) is 3. The number of benzene rings is 3. The second-order valence-electron chi connectivity index (χ2n) is 8.10. The lowest BCUT2D eigenvalue weighted by molar-refractivity contribution is -0.117. The highest BCUT2D eigenvalue weighted by atomic mass is 16.5. The first kappa shape index (κ1) is 23.3. The minimum Gasteiger partial charge on any atom is -0.489 e. The van der Waals surface area contributed by atoms with E-state index in [2.05, 4.69) is 5.32 Å².